The Hall–Kier alpha value is -1.06. The molecular weight excluding hydrogens is 264 g/mol. The van der Waals surface area contributed by atoms with Crippen molar-refractivity contribution >= 4 is 11.8 Å². The van der Waals surface area contributed by atoms with Crippen LogP contribution in [0.1, 0.15) is 52.9 Å². The third kappa shape index (κ3) is 2.82. The molecule has 5 atom stereocenters. The molecule has 3 rings (SSSR count). The average molecular weight is 292 g/mol. The smallest absolute Gasteiger partial charge is 0.245 e. The van der Waals surface area contributed by atoms with Crippen LogP contribution < -0.4 is 5.32 Å². The molecule has 4 heteroatoms. The van der Waals surface area contributed by atoms with E-state index in [0.717, 1.165) is 24.8 Å². The van der Waals surface area contributed by atoms with Gasteiger partial charge in [-0.25, -0.2) is 0 Å². The summed E-state index contributed by atoms with van der Waals surface area (Å²) in [5.74, 6) is 2.88. The van der Waals surface area contributed by atoms with E-state index >= 15 is 0 Å². The van der Waals surface area contributed by atoms with Crippen LogP contribution >= 0.6 is 0 Å². The first-order valence-corrected chi connectivity index (χ1v) is 8.56. The Labute approximate surface area is 127 Å². The summed E-state index contributed by atoms with van der Waals surface area (Å²) in [6.07, 6.45) is 6.09. The monoisotopic (exact) mass is 292 g/mol. The summed E-state index contributed by atoms with van der Waals surface area (Å²) < 4.78 is 0. The van der Waals surface area contributed by atoms with Crippen molar-refractivity contribution in [3.63, 3.8) is 0 Å². The lowest BCUT2D eigenvalue weighted by atomic mass is 9.87. The molecule has 2 amide bonds. The first-order valence-electron chi connectivity index (χ1n) is 8.56. The van der Waals surface area contributed by atoms with Crippen LogP contribution in [0.3, 0.4) is 0 Å². The number of nitrogens with zero attached hydrogens (tertiary/aromatic N) is 1. The molecule has 118 valence electrons. The van der Waals surface area contributed by atoms with Crippen molar-refractivity contribution in [1.29, 1.82) is 0 Å². The van der Waals surface area contributed by atoms with Gasteiger partial charge < -0.3 is 10.2 Å². The van der Waals surface area contributed by atoms with Gasteiger partial charge in [0.15, 0.2) is 0 Å². The largest absolute Gasteiger partial charge is 0.343 e. The molecule has 5 unspecified atom stereocenters. The SMILES string of the molecule is CC(C)CC1C(=O)NC(C)C(=O)N1CC1CC2CCC1C2. The minimum atomic E-state index is -0.362. The number of carbonyl (C=O) groups excluding carboxylic acids is 2. The van der Waals surface area contributed by atoms with Gasteiger partial charge in [0.05, 0.1) is 0 Å². The quantitative estimate of drug-likeness (QED) is 0.863. The van der Waals surface area contributed by atoms with Gasteiger partial charge in [-0.2, -0.15) is 0 Å². The van der Waals surface area contributed by atoms with E-state index < -0.39 is 0 Å². The van der Waals surface area contributed by atoms with E-state index in [-0.39, 0.29) is 23.9 Å². The molecule has 0 radical (unpaired) electrons. The molecule has 1 saturated heterocycles. The van der Waals surface area contributed by atoms with E-state index in [4.69, 9.17) is 0 Å². The number of fused-ring (bicyclic) bond motifs is 2. The Balaban J connectivity index is 1.74. The van der Waals surface area contributed by atoms with Crippen molar-refractivity contribution < 1.29 is 9.59 Å². The third-order valence-electron chi connectivity index (χ3n) is 5.70. The summed E-state index contributed by atoms with van der Waals surface area (Å²) in [7, 11) is 0. The zero-order valence-corrected chi connectivity index (χ0v) is 13.5. The highest BCUT2D eigenvalue weighted by atomic mass is 16.2. The van der Waals surface area contributed by atoms with E-state index in [2.05, 4.69) is 19.2 Å². The third-order valence-corrected chi connectivity index (χ3v) is 5.70. The molecule has 3 aliphatic rings. The highest BCUT2D eigenvalue weighted by Crippen LogP contribution is 2.48. The number of nitrogens with one attached hydrogen (secondary N) is 1. The lowest BCUT2D eigenvalue weighted by Gasteiger charge is -2.41. The second-order valence-electron chi connectivity index (χ2n) is 7.80. The van der Waals surface area contributed by atoms with Crippen LogP contribution in [-0.4, -0.2) is 35.3 Å². The number of hydrogen-bond acceptors (Lipinski definition) is 2. The molecule has 0 aromatic carbocycles. The Morgan fingerprint density at radius 2 is 2.00 bits per heavy atom. The van der Waals surface area contributed by atoms with Crippen LogP contribution in [0.15, 0.2) is 0 Å². The van der Waals surface area contributed by atoms with Gasteiger partial charge in [-0.3, -0.25) is 9.59 Å². The predicted molar refractivity (Wildman–Crippen MR) is 81.5 cm³/mol. The Morgan fingerprint density at radius 1 is 1.24 bits per heavy atom. The van der Waals surface area contributed by atoms with Crippen molar-refractivity contribution in [3.05, 3.63) is 0 Å². The van der Waals surface area contributed by atoms with E-state index in [1.807, 2.05) is 4.90 Å². The summed E-state index contributed by atoms with van der Waals surface area (Å²) in [5.41, 5.74) is 0. The molecule has 1 heterocycles. The van der Waals surface area contributed by atoms with Crippen LogP contribution in [0.25, 0.3) is 0 Å². The van der Waals surface area contributed by atoms with Gasteiger partial charge in [0.1, 0.15) is 12.1 Å². The molecule has 3 fully saturated rings. The molecule has 1 aliphatic heterocycles. The number of piperazine rings is 1. The maximum absolute atomic E-state index is 12.6. The molecule has 2 saturated carbocycles. The number of amides is 2. The first-order chi connectivity index (χ1) is 9.95. The van der Waals surface area contributed by atoms with Crippen LogP contribution in [0.2, 0.25) is 0 Å². The predicted octanol–water partition coefficient (Wildman–Crippen LogP) is 2.18. The van der Waals surface area contributed by atoms with Crippen LogP contribution in [0.5, 0.6) is 0 Å². The highest BCUT2D eigenvalue weighted by molar-refractivity contribution is 5.96. The molecule has 0 spiro atoms. The fourth-order valence-corrected chi connectivity index (χ4v) is 4.67. The standard InChI is InChI=1S/C17H28N2O2/c1-10(2)6-15-16(20)18-11(3)17(21)19(15)9-14-8-12-4-5-13(14)7-12/h10-15H,4-9H2,1-3H3,(H,18,20). The molecule has 2 bridgehead atoms. The van der Waals surface area contributed by atoms with Crippen molar-refractivity contribution in [2.75, 3.05) is 6.54 Å². The molecule has 0 aromatic heterocycles. The summed E-state index contributed by atoms with van der Waals surface area (Å²) in [4.78, 5) is 26.8. The topological polar surface area (TPSA) is 49.4 Å². The van der Waals surface area contributed by atoms with Gasteiger partial charge in [-0.1, -0.05) is 20.3 Å². The lowest BCUT2D eigenvalue weighted by Crippen LogP contribution is -2.63. The van der Waals surface area contributed by atoms with E-state index in [1.165, 1.54) is 25.7 Å². The van der Waals surface area contributed by atoms with Gasteiger partial charge in [0, 0.05) is 6.54 Å². The van der Waals surface area contributed by atoms with Gasteiger partial charge in [0.25, 0.3) is 0 Å². The average Bonchev–Trinajstić information content (AvgIpc) is 3.02. The summed E-state index contributed by atoms with van der Waals surface area (Å²) in [6, 6.07) is -0.618. The molecule has 2 aliphatic carbocycles. The summed E-state index contributed by atoms with van der Waals surface area (Å²) in [6.45, 7) is 6.84. The lowest BCUT2D eigenvalue weighted by molar-refractivity contribution is -0.150. The Morgan fingerprint density at radius 3 is 2.57 bits per heavy atom. The molecule has 0 aromatic rings. The fraction of sp³-hybridized carbons (Fsp3) is 0.882. The Kier molecular flexibility index (Phi) is 3.98. The molecule has 1 N–H and O–H groups in total. The van der Waals surface area contributed by atoms with Crippen LogP contribution in [0.4, 0.5) is 0 Å². The van der Waals surface area contributed by atoms with Crippen LogP contribution in [-0.2, 0) is 9.59 Å². The molecule has 4 nitrogen and oxygen atoms in total. The van der Waals surface area contributed by atoms with Gasteiger partial charge in [-0.05, 0) is 56.3 Å². The second kappa shape index (κ2) is 5.62. The Bertz CT molecular complexity index is 435. The molecular formula is C17H28N2O2. The number of rotatable bonds is 4. The maximum Gasteiger partial charge on any atom is 0.245 e. The highest BCUT2D eigenvalue weighted by Gasteiger charge is 2.44. The number of carbonyl (C=O) groups is 2. The maximum atomic E-state index is 12.6. The fourth-order valence-electron chi connectivity index (χ4n) is 4.67. The molecule has 21 heavy (non-hydrogen) atoms. The van der Waals surface area contributed by atoms with E-state index in [1.54, 1.807) is 6.92 Å². The van der Waals surface area contributed by atoms with Gasteiger partial charge >= 0.3 is 0 Å². The van der Waals surface area contributed by atoms with Gasteiger partial charge in [-0.15, -0.1) is 0 Å². The van der Waals surface area contributed by atoms with Crippen molar-refractivity contribution in [2.45, 2.75) is 65.0 Å². The van der Waals surface area contributed by atoms with Crippen molar-refractivity contribution in [3.8, 4) is 0 Å². The van der Waals surface area contributed by atoms with Crippen LogP contribution in [0, 0.1) is 23.7 Å². The summed E-state index contributed by atoms with van der Waals surface area (Å²) in [5, 5.41) is 2.84. The van der Waals surface area contributed by atoms with E-state index in [0.29, 0.717) is 11.8 Å². The van der Waals surface area contributed by atoms with Gasteiger partial charge in [0.2, 0.25) is 11.8 Å². The summed E-state index contributed by atoms with van der Waals surface area (Å²) >= 11 is 0. The minimum Gasteiger partial charge on any atom is -0.343 e. The van der Waals surface area contributed by atoms with E-state index in [9.17, 15) is 9.59 Å². The van der Waals surface area contributed by atoms with Crippen molar-refractivity contribution in [2.24, 2.45) is 23.7 Å². The second-order valence-corrected chi connectivity index (χ2v) is 7.80. The zero-order chi connectivity index (χ0) is 15.1. The number of hydrogen-bond donors (Lipinski definition) is 1. The zero-order valence-electron chi connectivity index (χ0n) is 13.5. The first kappa shape index (κ1) is 14.9. The normalized spacial score (nSPS) is 39.2. The van der Waals surface area contributed by atoms with Crippen molar-refractivity contribution in [1.82, 2.24) is 10.2 Å². The minimum absolute atomic E-state index is 0.0407.